The van der Waals surface area contributed by atoms with Crippen LogP contribution in [-0.2, 0) is 44.6 Å². The van der Waals surface area contributed by atoms with E-state index >= 15 is 0 Å². The van der Waals surface area contributed by atoms with Gasteiger partial charge in [0, 0.05) is 19.7 Å². The summed E-state index contributed by atoms with van der Waals surface area (Å²) in [6, 6.07) is -0.718. The van der Waals surface area contributed by atoms with Crippen LogP contribution in [-0.4, -0.2) is 120 Å². The molecule has 46 heavy (non-hydrogen) atoms. The summed E-state index contributed by atoms with van der Waals surface area (Å²) in [6.45, 7) is 11.5. The number of carbonyl (C=O) groups is 3. The zero-order valence-electron chi connectivity index (χ0n) is 27.4. The van der Waals surface area contributed by atoms with Crippen LogP contribution in [0.5, 0.6) is 0 Å². The van der Waals surface area contributed by atoms with Gasteiger partial charge >= 0.3 is 12.1 Å². The van der Waals surface area contributed by atoms with Crippen molar-refractivity contribution < 1.29 is 42.9 Å². The molecule has 18 heteroatoms. The first-order chi connectivity index (χ1) is 21.5. The molecule has 17 nitrogen and oxygen atoms in total. The quantitative estimate of drug-likeness (QED) is 0.0782. The molecule has 2 rings (SSSR count). The van der Waals surface area contributed by atoms with Crippen LogP contribution in [0.15, 0.2) is 11.1 Å². The number of anilines is 1. The van der Waals surface area contributed by atoms with Gasteiger partial charge in [0.25, 0.3) is 5.56 Å². The molecule has 1 atom stereocenters. The summed E-state index contributed by atoms with van der Waals surface area (Å²) >= 11 is 0. The third-order valence-corrected chi connectivity index (χ3v) is 5.37. The van der Waals surface area contributed by atoms with Crippen LogP contribution in [0.1, 0.15) is 48.0 Å². The number of H-pyrrole nitrogens is 1. The summed E-state index contributed by atoms with van der Waals surface area (Å²) in [7, 11) is 1.56. The van der Waals surface area contributed by atoms with E-state index in [1.165, 1.54) is 15.8 Å². The minimum absolute atomic E-state index is 0. The van der Waals surface area contributed by atoms with Gasteiger partial charge < -0.3 is 43.3 Å². The van der Waals surface area contributed by atoms with Crippen LogP contribution in [0.25, 0.3) is 11.2 Å². The molecule has 2 aromatic heterocycles. The van der Waals surface area contributed by atoms with Crippen LogP contribution in [0, 0.1) is 0 Å². The van der Waals surface area contributed by atoms with Crippen molar-refractivity contribution in [2.75, 3.05) is 65.2 Å². The molecule has 0 aliphatic rings. The third-order valence-electron chi connectivity index (χ3n) is 5.37. The fraction of sp³-hybridized carbons (Fsp3) is 0.679. The normalized spacial score (nSPS) is 11.4. The molecule has 1 unspecified atom stereocenters. The molecule has 0 saturated heterocycles. The molecule has 266 valence electrons. The Balaban J connectivity index is 0.00000661. The molecule has 0 spiro atoms. The zero-order chi connectivity index (χ0) is 33.8. The SMILES string of the molecule is CC.CCCOC(=O)CN(CC(COCCOCCOC)N[C-]=O)C(=O)Cn1cnc2c(=O)[nH]c(NC(=O)OC(C)(C)C)nc21.[Fm]. The first kappa shape index (κ1) is 40.9. The summed E-state index contributed by atoms with van der Waals surface area (Å²) in [5.41, 5.74) is -1.52. The number of aromatic nitrogens is 4. The van der Waals surface area contributed by atoms with Crippen molar-refractivity contribution in [2.24, 2.45) is 0 Å². The van der Waals surface area contributed by atoms with Gasteiger partial charge in [-0.1, -0.05) is 20.8 Å². The topological polar surface area (TPSA) is 205 Å². The predicted molar refractivity (Wildman–Crippen MR) is 163 cm³/mol. The summed E-state index contributed by atoms with van der Waals surface area (Å²) in [5.74, 6) is -1.43. The Morgan fingerprint density at radius 3 is 2.41 bits per heavy atom. The van der Waals surface area contributed by atoms with Gasteiger partial charge in [0.15, 0.2) is 11.2 Å². The Morgan fingerprint density at radius 2 is 1.78 bits per heavy atom. The van der Waals surface area contributed by atoms with E-state index in [1.807, 2.05) is 20.8 Å². The van der Waals surface area contributed by atoms with Crippen molar-refractivity contribution in [1.82, 2.24) is 29.7 Å². The number of hydrogen-bond acceptors (Lipinski definition) is 12. The molecule has 2 aromatic rings. The number of aromatic amines is 1. The molecular weight excluding hydrogens is 851 g/mol. The standard InChI is InChI=1S/C26H40N7O10.C2H6.Fm/c1-6-7-42-20(36)14-32(12-18(28-17-34)15-41-11-10-40-9-8-39-5)19(35)13-33-16-27-21-22(33)29-24(30-23(21)37)31-25(38)43-26(2,3)4;1-2;/h16,18H,6-15H2,1-5H3,(H,28,34)(H2,29,30,31,37,38);1-2H3;/q-1;;. The van der Waals surface area contributed by atoms with Gasteiger partial charge in [-0.25, -0.2) is 9.78 Å². The van der Waals surface area contributed by atoms with Crippen molar-refractivity contribution in [1.29, 1.82) is 0 Å². The van der Waals surface area contributed by atoms with Gasteiger partial charge in [-0.15, -0.1) is 0 Å². The maximum atomic E-state index is 13.5. The van der Waals surface area contributed by atoms with Crippen molar-refractivity contribution >= 4 is 41.5 Å². The number of hydrogen-bond donors (Lipinski definition) is 3. The Labute approximate surface area is 262 Å². The number of methoxy groups -OCH3 is 1. The van der Waals surface area contributed by atoms with Crippen molar-refractivity contribution in [3.8, 4) is 0 Å². The molecule has 0 aliphatic carbocycles. The van der Waals surface area contributed by atoms with E-state index in [0.717, 1.165) is 0 Å². The van der Waals surface area contributed by atoms with E-state index < -0.39 is 41.7 Å². The van der Waals surface area contributed by atoms with Crippen molar-refractivity contribution in [3.05, 3.63) is 16.7 Å². The van der Waals surface area contributed by atoms with Gasteiger partial charge in [0.1, 0.15) is 18.7 Å². The Hall–Kier alpha value is -5.09. The molecule has 3 N–H and O–H groups in total. The van der Waals surface area contributed by atoms with Gasteiger partial charge in [-0.2, -0.15) is 11.4 Å². The first-order valence-corrected chi connectivity index (χ1v) is 14.6. The van der Waals surface area contributed by atoms with Gasteiger partial charge in [-0.3, -0.25) is 24.7 Å². The van der Waals surface area contributed by atoms with Crippen molar-refractivity contribution in [3.63, 3.8) is 0 Å². The Kier molecular flexibility index (Phi) is 19.2. The molecule has 0 bridgehead atoms. The second-order valence-electron chi connectivity index (χ2n) is 10.2. The minimum atomic E-state index is -0.844. The van der Waals surface area contributed by atoms with Crippen molar-refractivity contribution in [2.45, 2.75) is 66.2 Å². The summed E-state index contributed by atoms with van der Waals surface area (Å²) in [4.78, 5) is 73.6. The van der Waals surface area contributed by atoms with E-state index in [2.05, 4.69) is 25.6 Å². The van der Waals surface area contributed by atoms with Crippen LogP contribution in [0.3, 0.4) is 0 Å². The number of nitrogens with one attached hydrogen (secondary N) is 3. The van der Waals surface area contributed by atoms with E-state index in [-0.39, 0.29) is 56.6 Å². The number of carbonyl (C=O) groups excluding carboxylic acids is 4. The molecule has 0 aliphatic heterocycles. The van der Waals surface area contributed by atoms with E-state index in [1.54, 1.807) is 34.3 Å². The predicted octanol–water partition coefficient (Wildman–Crippen LogP) is 0.980. The second kappa shape index (κ2) is 21.6. The molecule has 2 heterocycles. The third kappa shape index (κ3) is 15.1. The maximum Gasteiger partial charge on any atom is 0.414 e. The fourth-order valence-electron chi connectivity index (χ4n) is 3.52. The average molecular weight is 898 g/mol. The monoisotopic (exact) mass is 897 g/mol. The van der Waals surface area contributed by atoms with E-state index in [0.29, 0.717) is 19.6 Å². The second-order valence-corrected chi connectivity index (χ2v) is 10.2. The summed E-state index contributed by atoms with van der Waals surface area (Å²) in [6.07, 6.45) is 2.57. The molecular formula is C28H46FmN7O10-. The molecule has 0 fully saturated rings. The van der Waals surface area contributed by atoms with E-state index in [4.69, 9.17) is 23.7 Å². The van der Waals surface area contributed by atoms with E-state index in [9.17, 15) is 24.0 Å². The smallest absolute Gasteiger partial charge is 0.414 e. The minimum Gasteiger partial charge on any atom is -0.524 e. The average Bonchev–Trinajstić information content (AvgIpc) is 3.38. The van der Waals surface area contributed by atoms with Gasteiger partial charge in [0.2, 0.25) is 11.9 Å². The molecule has 0 saturated carbocycles. The number of ether oxygens (including phenoxy) is 5. The zero-order valence-corrected chi connectivity index (χ0v) is 29.8. The number of esters is 1. The first-order valence-electron chi connectivity index (χ1n) is 14.6. The maximum absolute atomic E-state index is 13.5. The van der Waals surface area contributed by atoms with Crippen LogP contribution in [0.4, 0.5) is 10.7 Å². The summed E-state index contributed by atoms with van der Waals surface area (Å²) < 4.78 is 27.4. The van der Waals surface area contributed by atoms with Gasteiger partial charge in [-0.05, 0) is 27.2 Å². The number of imidazole rings is 1. The number of rotatable bonds is 19. The van der Waals surface area contributed by atoms with Crippen LogP contribution in [0.2, 0.25) is 0 Å². The molecule has 0 radical (unpaired) electrons. The van der Waals surface area contributed by atoms with Crippen LogP contribution < -0.4 is 16.2 Å². The largest absolute Gasteiger partial charge is 0.524 e. The number of amides is 3. The van der Waals surface area contributed by atoms with Gasteiger partial charge in [0.05, 0.1) is 46.0 Å². The number of nitrogens with zero attached hydrogens (tertiary/aromatic N) is 4. The Morgan fingerprint density at radius 1 is 1.11 bits per heavy atom. The van der Waals surface area contributed by atoms with Crippen LogP contribution >= 0.6 is 0 Å². The fourth-order valence-corrected chi connectivity index (χ4v) is 3.52. The molecule has 3 amide bonds. The summed E-state index contributed by atoms with van der Waals surface area (Å²) in [5, 5.41) is 4.82. The Bertz CT molecular complexity index is 1270. The number of fused-ring (bicyclic) bond motifs is 1. The molecule has 0 aromatic carbocycles.